The number of rotatable bonds is 7. The first-order valence-corrected chi connectivity index (χ1v) is 13.9. The molecule has 43 heavy (non-hydrogen) atoms. The second kappa shape index (κ2) is 10.0. The van der Waals surface area contributed by atoms with E-state index in [1.807, 2.05) is 84.9 Å². The molecule has 216 valence electrons. The first-order chi connectivity index (χ1) is 21.0. The molecular formula is C35H30N2O6. The van der Waals surface area contributed by atoms with Crippen molar-refractivity contribution in [2.75, 3.05) is 28.4 Å². The molecule has 0 spiro atoms. The Kier molecular flexibility index (Phi) is 6.25. The quantitative estimate of drug-likeness (QED) is 0.259. The third kappa shape index (κ3) is 3.66. The van der Waals surface area contributed by atoms with E-state index in [-0.39, 0.29) is 0 Å². The van der Waals surface area contributed by atoms with Crippen LogP contribution in [0.3, 0.4) is 0 Å². The Balaban J connectivity index is 1.64. The summed E-state index contributed by atoms with van der Waals surface area (Å²) in [5, 5.41) is 13.5. The molecule has 2 heterocycles. The van der Waals surface area contributed by atoms with Crippen LogP contribution in [0.2, 0.25) is 0 Å². The molecule has 1 aliphatic carbocycles. The predicted octanol–water partition coefficient (Wildman–Crippen LogP) is 5.85. The van der Waals surface area contributed by atoms with Crippen molar-refractivity contribution < 1.29 is 28.8 Å². The Morgan fingerprint density at radius 3 is 2.02 bits per heavy atom. The van der Waals surface area contributed by atoms with Crippen molar-refractivity contribution in [1.82, 2.24) is 9.97 Å². The molecule has 5 aromatic rings. The molecule has 7 rings (SSSR count). The van der Waals surface area contributed by atoms with E-state index in [1.54, 1.807) is 40.6 Å². The summed E-state index contributed by atoms with van der Waals surface area (Å²) in [6, 6.07) is 30.6. The summed E-state index contributed by atoms with van der Waals surface area (Å²) in [7, 11) is 6.34. The zero-order valence-electron chi connectivity index (χ0n) is 24.2. The molecule has 1 N–H and O–H groups in total. The van der Waals surface area contributed by atoms with Gasteiger partial charge in [-0.15, -0.1) is 0 Å². The lowest BCUT2D eigenvalue weighted by molar-refractivity contribution is -0.0909. The lowest BCUT2D eigenvalue weighted by atomic mass is 9.70. The molecule has 8 heteroatoms. The minimum absolute atomic E-state index is 0.353. The van der Waals surface area contributed by atoms with Gasteiger partial charge in [-0.25, -0.2) is 4.98 Å². The topological polar surface area (TPSA) is 92.2 Å². The fourth-order valence-electron chi connectivity index (χ4n) is 6.66. The number of hydrogen-bond acceptors (Lipinski definition) is 8. The zero-order chi connectivity index (χ0) is 29.8. The maximum Gasteiger partial charge on any atom is 0.221 e. The van der Waals surface area contributed by atoms with Crippen molar-refractivity contribution in [3.8, 4) is 40.3 Å². The highest BCUT2D eigenvalue weighted by atomic mass is 16.5. The molecule has 0 radical (unpaired) electrons. The molecular weight excluding hydrogens is 544 g/mol. The van der Waals surface area contributed by atoms with Crippen molar-refractivity contribution >= 4 is 0 Å². The molecule has 8 nitrogen and oxygen atoms in total. The Morgan fingerprint density at radius 2 is 1.40 bits per heavy atom. The highest BCUT2D eigenvalue weighted by Gasteiger charge is 2.74. The van der Waals surface area contributed by atoms with E-state index in [0.717, 1.165) is 11.1 Å². The Labute approximate surface area is 249 Å². The SMILES string of the molecule is COc1ccc([C@@]23Oc4cc(OC)cc(OC)c4[C@]2(O)c2nc(-c4ccccc4)nc(OC)c2[C@H]3c2ccccc2)cc1. The minimum atomic E-state index is -1.84. The van der Waals surface area contributed by atoms with Gasteiger partial charge in [-0.05, 0) is 17.7 Å². The van der Waals surface area contributed by atoms with Gasteiger partial charge < -0.3 is 28.8 Å². The van der Waals surface area contributed by atoms with Gasteiger partial charge in [0.25, 0.3) is 0 Å². The van der Waals surface area contributed by atoms with Crippen LogP contribution in [0.15, 0.2) is 97.1 Å². The van der Waals surface area contributed by atoms with Gasteiger partial charge in [0.15, 0.2) is 17.0 Å². The monoisotopic (exact) mass is 574 g/mol. The first-order valence-electron chi connectivity index (χ1n) is 13.9. The maximum absolute atomic E-state index is 13.5. The van der Waals surface area contributed by atoms with Gasteiger partial charge in [0, 0.05) is 23.3 Å². The van der Waals surface area contributed by atoms with Gasteiger partial charge >= 0.3 is 0 Å². The summed E-state index contributed by atoms with van der Waals surface area (Å²) < 4.78 is 30.1. The van der Waals surface area contributed by atoms with E-state index in [1.165, 1.54) is 0 Å². The van der Waals surface area contributed by atoms with Crippen molar-refractivity contribution in [3.63, 3.8) is 0 Å². The number of methoxy groups -OCH3 is 4. The number of hydrogen-bond donors (Lipinski definition) is 1. The number of fused-ring (bicyclic) bond motifs is 5. The average Bonchev–Trinajstić information content (AvgIpc) is 3.46. The van der Waals surface area contributed by atoms with E-state index in [9.17, 15) is 5.11 Å². The summed E-state index contributed by atoms with van der Waals surface area (Å²) >= 11 is 0. The molecule has 0 saturated heterocycles. The van der Waals surface area contributed by atoms with Crippen molar-refractivity contribution in [3.05, 3.63) is 125 Å². The van der Waals surface area contributed by atoms with Crippen molar-refractivity contribution in [2.24, 2.45) is 0 Å². The second-order valence-corrected chi connectivity index (χ2v) is 10.5. The number of ether oxygens (including phenoxy) is 5. The standard InChI is InChI=1S/C35H30N2O6/c1-39-24-17-15-23(16-18-24)35-29(21-11-7-5-8-12-21)28-31(36-32(37-33(28)42-4)22-13-9-6-10-14-22)34(35,38)30-26(41-3)19-25(40-2)20-27(30)43-35/h5-20,29,38H,1-4H3/t29-,34+,35+/m1/s1. The molecule has 0 unspecified atom stereocenters. The fourth-order valence-corrected chi connectivity index (χ4v) is 6.66. The van der Waals surface area contributed by atoms with Crippen LogP contribution in [-0.2, 0) is 11.2 Å². The van der Waals surface area contributed by atoms with Crippen LogP contribution >= 0.6 is 0 Å². The summed E-state index contributed by atoms with van der Waals surface area (Å²) in [5.74, 6) is 2.23. The number of benzene rings is 4. The number of aliphatic hydroxyl groups is 1. The van der Waals surface area contributed by atoms with Crippen LogP contribution in [0.5, 0.6) is 28.9 Å². The van der Waals surface area contributed by atoms with E-state index in [4.69, 9.17) is 33.7 Å². The van der Waals surface area contributed by atoms with E-state index >= 15 is 0 Å². The molecule has 0 amide bonds. The maximum atomic E-state index is 13.5. The third-order valence-electron chi connectivity index (χ3n) is 8.49. The summed E-state index contributed by atoms with van der Waals surface area (Å²) in [6.07, 6.45) is 0. The molecule has 3 atom stereocenters. The van der Waals surface area contributed by atoms with Crippen LogP contribution in [0, 0.1) is 0 Å². The third-order valence-corrected chi connectivity index (χ3v) is 8.49. The summed E-state index contributed by atoms with van der Waals surface area (Å²) in [4.78, 5) is 9.98. The minimum Gasteiger partial charge on any atom is -0.497 e. The number of nitrogens with zero attached hydrogens (tertiary/aromatic N) is 2. The van der Waals surface area contributed by atoms with Crippen LogP contribution in [0.4, 0.5) is 0 Å². The number of aromatic nitrogens is 2. The zero-order valence-corrected chi connectivity index (χ0v) is 24.2. The lowest BCUT2D eigenvalue weighted by Crippen LogP contribution is -2.49. The van der Waals surface area contributed by atoms with Crippen LogP contribution in [0.25, 0.3) is 11.4 Å². The van der Waals surface area contributed by atoms with E-state index in [2.05, 4.69) is 0 Å². The molecule has 1 aliphatic heterocycles. The van der Waals surface area contributed by atoms with Crippen LogP contribution in [0.1, 0.15) is 33.9 Å². The molecule has 0 saturated carbocycles. The van der Waals surface area contributed by atoms with Crippen molar-refractivity contribution in [1.29, 1.82) is 0 Å². The molecule has 2 aliphatic rings. The Morgan fingerprint density at radius 1 is 0.721 bits per heavy atom. The van der Waals surface area contributed by atoms with Gasteiger partial charge in [-0.1, -0.05) is 72.8 Å². The summed E-state index contributed by atoms with van der Waals surface area (Å²) in [6.45, 7) is 0. The van der Waals surface area contributed by atoms with Crippen molar-refractivity contribution in [2.45, 2.75) is 17.1 Å². The van der Waals surface area contributed by atoms with Gasteiger partial charge in [-0.2, -0.15) is 4.98 Å². The Hall–Kier alpha value is -5.08. The fraction of sp³-hybridized carbons (Fsp3) is 0.200. The molecule has 1 aromatic heterocycles. The van der Waals surface area contributed by atoms with E-state index < -0.39 is 17.1 Å². The van der Waals surface area contributed by atoms with E-state index in [0.29, 0.717) is 57.1 Å². The Bertz CT molecular complexity index is 1810. The molecule has 4 aromatic carbocycles. The molecule has 0 fully saturated rings. The molecule has 0 bridgehead atoms. The normalized spacial score (nSPS) is 21.3. The first kappa shape index (κ1) is 26.8. The van der Waals surface area contributed by atoms with Gasteiger partial charge in [0.1, 0.15) is 23.0 Å². The largest absolute Gasteiger partial charge is 0.497 e. The lowest BCUT2D eigenvalue weighted by Gasteiger charge is -2.40. The van der Waals surface area contributed by atoms with Crippen LogP contribution < -0.4 is 23.7 Å². The predicted molar refractivity (Wildman–Crippen MR) is 160 cm³/mol. The highest BCUT2D eigenvalue weighted by Crippen LogP contribution is 2.71. The average molecular weight is 575 g/mol. The summed E-state index contributed by atoms with van der Waals surface area (Å²) in [5.41, 5.74) is 0.566. The second-order valence-electron chi connectivity index (χ2n) is 10.5. The highest BCUT2D eigenvalue weighted by molar-refractivity contribution is 5.71. The van der Waals surface area contributed by atoms with Crippen LogP contribution in [-0.4, -0.2) is 43.5 Å². The van der Waals surface area contributed by atoms with Gasteiger partial charge in [-0.3, -0.25) is 0 Å². The smallest absolute Gasteiger partial charge is 0.221 e. The van der Waals surface area contributed by atoms with Gasteiger partial charge in [0.05, 0.1) is 51.2 Å². The van der Waals surface area contributed by atoms with Gasteiger partial charge in [0.2, 0.25) is 5.88 Å².